The molecule has 1 heterocycles. The maximum Gasteiger partial charge on any atom is 0.0559 e. The summed E-state index contributed by atoms with van der Waals surface area (Å²) in [5.41, 5.74) is 0. The predicted octanol–water partition coefficient (Wildman–Crippen LogP) is 3.47. The highest BCUT2D eigenvalue weighted by atomic mass is 15.3. The maximum absolute atomic E-state index is 4.26. The van der Waals surface area contributed by atoms with Crippen molar-refractivity contribution in [3.05, 3.63) is 18.5 Å². The van der Waals surface area contributed by atoms with Gasteiger partial charge in [-0.25, -0.2) is 0 Å². The molecule has 1 N–H and O–H groups in total. The van der Waals surface area contributed by atoms with Gasteiger partial charge >= 0.3 is 0 Å². The van der Waals surface area contributed by atoms with Gasteiger partial charge in [0.1, 0.15) is 0 Å². The van der Waals surface area contributed by atoms with Crippen molar-refractivity contribution in [2.75, 3.05) is 6.54 Å². The maximum atomic E-state index is 4.26. The molecular weight excluding hydrogens is 234 g/mol. The summed E-state index contributed by atoms with van der Waals surface area (Å²) in [6, 6.07) is 2.50. The molecular formula is C16H29N3. The topological polar surface area (TPSA) is 29.9 Å². The Morgan fingerprint density at radius 3 is 2.63 bits per heavy atom. The lowest BCUT2D eigenvalue weighted by Gasteiger charge is -2.29. The molecule has 0 unspecified atom stereocenters. The van der Waals surface area contributed by atoms with Gasteiger partial charge in [0, 0.05) is 18.4 Å². The van der Waals surface area contributed by atoms with Gasteiger partial charge in [0.05, 0.1) is 6.54 Å². The van der Waals surface area contributed by atoms with E-state index in [1.165, 1.54) is 45.1 Å². The van der Waals surface area contributed by atoms with Gasteiger partial charge in [-0.1, -0.05) is 32.6 Å². The van der Waals surface area contributed by atoms with Gasteiger partial charge in [-0.05, 0) is 44.2 Å². The molecule has 1 aromatic heterocycles. The van der Waals surface area contributed by atoms with E-state index in [0.717, 1.165) is 18.4 Å². The van der Waals surface area contributed by atoms with E-state index >= 15 is 0 Å². The normalized spacial score (nSPS) is 25.4. The Kier molecular flexibility index (Phi) is 5.90. The molecule has 3 nitrogen and oxygen atoms in total. The van der Waals surface area contributed by atoms with E-state index < -0.39 is 0 Å². The van der Waals surface area contributed by atoms with Crippen molar-refractivity contribution in [2.24, 2.45) is 11.8 Å². The molecule has 1 aromatic rings. The van der Waals surface area contributed by atoms with E-state index in [0.29, 0.717) is 6.04 Å². The van der Waals surface area contributed by atoms with Crippen molar-refractivity contribution in [1.82, 2.24) is 15.1 Å². The fraction of sp³-hybridized carbons (Fsp3) is 0.812. The van der Waals surface area contributed by atoms with Gasteiger partial charge in [0.25, 0.3) is 0 Å². The highest BCUT2D eigenvalue weighted by Crippen LogP contribution is 2.31. The Hall–Kier alpha value is -0.830. The lowest BCUT2D eigenvalue weighted by Crippen LogP contribution is -2.35. The second-order valence-electron chi connectivity index (χ2n) is 6.21. The second kappa shape index (κ2) is 7.68. The number of nitrogens with one attached hydrogen (secondary N) is 1. The highest BCUT2D eigenvalue weighted by Gasteiger charge is 2.20. The van der Waals surface area contributed by atoms with Crippen molar-refractivity contribution in [2.45, 2.75) is 65.0 Å². The molecule has 108 valence electrons. The van der Waals surface area contributed by atoms with Crippen LogP contribution < -0.4 is 5.32 Å². The van der Waals surface area contributed by atoms with Crippen LogP contribution >= 0.6 is 0 Å². The van der Waals surface area contributed by atoms with Crippen molar-refractivity contribution < 1.29 is 0 Å². The summed E-state index contributed by atoms with van der Waals surface area (Å²) in [5, 5.41) is 7.93. The van der Waals surface area contributed by atoms with Gasteiger partial charge in [0.2, 0.25) is 0 Å². The molecule has 1 aliphatic rings. The van der Waals surface area contributed by atoms with Crippen LogP contribution in [0.4, 0.5) is 0 Å². The lowest BCUT2D eigenvalue weighted by molar-refractivity contribution is 0.249. The van der Waals surface area contributed by atoms with Crippen LogP contribution in [0.3, 0.4) is 0 Å². The zero-order valence-electron chi connectivity index (χ0n) is 12.5. The van der Waals surface area contributed by atoms with Gasteiger partial charge in [-0.3, -0.25) is 4.68 Å². The summed E-state index contributed by atoms with van der Waals surface area (Å²) < 4.78 is 2.01. The number of hydrogen-bond acceptors (Lipinski definition) is 2. The molecule has 1 atom stereocenters. The molecule has 0 bridgehead atoms. The van der Waals surface area contributed by atoms with E-state index in [-0.39, 0.29) is 0 Å². The van der Waals surface area contributed by atoms with E-state index in [4.69, 9.17) is 0 Å². The third kappa shape index (κ3) is 4.98. The molecule has 1 fully saturated rings. The molecule has 0 saturated heterocycles. The van der Waals surface area contributed by atoms with E-state index in [9.17, 15) is 0 Å². The minimum atomic E-state index is 0.508. The van der Waals surface area contributed by atoms with Crippen LogP contribution in [0.5, 0.6) is 0 Å². The molecule has 2 rings (SSSR count). The first-order valence-corrected chi connectivity index (χ1v) is 7.98. The van der Waals surface area contributed by atoms with Crippen LogP contribution in [0, 0.1) is 11.8 Å². The quantitative estimate of drug-likeness (QED) is 0.816. The zero-order chi connectivity index (χ0) is 13.5. The molecule has 0 aliphatic heterocycles. The Morgan fingerprint density at radius 1 is 1.26 bits per heavy atom. The van der Waals surface area contributed by atoms with Crippen LogP contribution in [-0.2, 0) is 6.54 Å². The SMILES string of the molecule is CCCC1CCC(CN[C@@H](C)Cn2cccn2)CC1. The van der Waals surface area contributed by atoms with Crippen molar-refractivity contribution in [3.8, 4) is 0 Å². The molecule has 0 spiro atoms. The van der Waals surface area contributed by atoms with Crippen molar-refractivity contribution in [1.29, 1.82) is 0 Å². The van der Waals surface area contributed by atoms with Crippen LogP contribution in [0.2, 0.25) is 0 Å². The summed E-state index contributed by atoms with van der Waals surface area (Å²) in [5.74, 6) is 1.91. The number of hydrogen-bond donors (Lipinski definition) is 1. The Labute approximate surface area is 117 Å². The first-order chi connectivity index (χ1) is 9.28. The lowest BCUT2D eigenvalue weighted by atomic mass is 9.80. The number of aromatic nitrogens is 2. The molecule has 1 saturated carbocycles. The Balaban J connectivity index is 1.61. The van der Waals surface area contributed by atoms with Crippen LogP contribution in [-0.4, -0.2) is 22.4 Å². The van der Waals surface area contributed by atoms with Crippen LogP contribution in [0.15, 0.2) is 18.5 Å². The van der Waals surface area contributed by atoms with Crippen LogP contribution in [0.1, 0.15) is 52.4 Å². The minimum absolute atomic E-state index is 0.508. The average molecular weight is 263 g/mol. The third-order valence-electron chi connectivity index (χ3n) is 4.44. The average Bonchev–Trinajstić information content (AvgIpc) is 2.91. The largest absolute Gasteiger partial charge is 0.312 e. The number of rotatable bonds is 7. The van der Waals surface area contributed by atoms with E-state index in [1.54, 1.807) is 0 Å². The standard InChI is InChI=1S/C16H29N3/c1-3-5-15-6-8-16(9-7-15)12-17-14(2)13-19-11-4-10-18-19/h4,10-11,14-17H,3,5-9,12-13H2,1-2H3/t14-,15?,16?/m0/s1. The first kappa shape index (κ1) is 14.6. The van der Waals surface area contributed by atoms with E-state index in [1.807, 2.05) is 23.1 Å². The summed E-state index contributed by atoms with van der Waals surface area (Å²) in [7, 11) is 0. The molecule has 3 heteroatoms. The molecule has 1 aliphatic carbocycles. The monoisotopic (exact) mass is 263 g/mol. The third-order valence-corrected chi connectivity index (χ3v) is 4.44. The van der Waals surface area contributed by atoms with Gasteiger partial charge in [-0.2, -0.15) is 5.10 Å². The van der Waals surface area contributed by atoms with Gasteiger partial charge < -0.3 is 5.32 Å². The predicted molar refractivity (Wildman–Crippen MR) is 80.0 cm³/mol. The highest BCUT2D eigenvalue weighted by molar-refractivity contribution is 4.80. The summed E-state index contributed by atoms with van der Waals surface area (Å²) >= 11 is 0. The molecule has 0 amide bonds. The zero-order valence-corrected chi connectivity index (χ0v) is 12.5. The summed E-state index contributed by atoms with van der Waals surface area (Å²) in [4.78, 5) is 0. The minimum Gasteiger partial charge on any atom is -0.312 e. The number of nitrogens with zero attached hydrogens (tertiary/aromatic N) is 2. The van der Waals surface area contributed by atoms with Gasteiger partial charge in [0.15, 0.2) is 0 Å². The van der Waals surface area contributed by atoms with Gasteiger partial charge in [-0.15, -0.1) is 0 Å². The van der Waals surface area contributed by atoms with E-state index in [2.05, 4.69) is 24.3 Å². The fourth-order valence-corrected chi connectivity index (χ4v) is 3.25. The molecule has 0 aromatic carbocycles. The Morgan fingerprint density at radius 2 is 2.00 bits per heavy atom. The summed E-state index contributed by atoms with van der Waals surface area (Å²) in [6.07, 6.45) is 12.4. The fourth-order valence-electron chi connectivity index (χ4n) is 3.25. The van der Waals surface area contributed by atoms with Crippen molar-refractivity contribution in [3.63, 3.8) is 0 Å². The molecule has 19 heavy (non-hydrogen) atoms. The van der Waals surface area contributed by atoms with Crippen molar-refractivity contribution >= 4 is 0 Å². The Bertz CT molecular complexity index is 326. The summed E-state index contributed by atoms with van der Waals surface area (Å²) in [6.45, 7) is 6.72. The second-order valence-corrected chi connectivity index (χ2v) is 6.21. The first-order valence-electron chi connectivity index (χ1n) is 7.98. The molecule has 0 radical (unpaired) electrons. The smallest absolute Gasteiger partial charge is 0.0559 e. The van der Waals surface area contributed by atoms with Crippen LogP contribution in [0.25, 0.3) is 0 Å².